The number of carbonyl (C=O) groups is 1. The van der Waals surface area contributed by atoms with Crippen LogP contribution < -0.4 is 5.32 Å². The second kappa shape index (κ2) is 3.72. The van der Waals surface area contributed by atoms with Crippen LogP contribution in [0.25, 0.3) is 0 Å². The van der Waals surface area contributed by atoms with Gasteiger partial charge in [0.1, 0.15) is 0 Å². The van der Waals surface area contributed by atoms with Gasteiger partial charge in [0, 0.05) is 6.42 Å². The average molecular weight is 157 g/mol. The van der Waals surface area contributed by atoms with Crippen molar-refractivity contribution < 1.29 is 9.90 Å². The van der Waals surface area contributed by atoms with Gasteiger partial charge in [0.05, 0.1) is 12.1 Å². The molecule has 1 saturated carbocycles. The normalized spacial score (nSPS) is 30.4. The Labute approximate surface area is 66.8 Å². The van der Waals surface area contributed by atoms with E-state index in [0.717, 1.165) is 19.3 Å². The minimum atomic E-state index is -0.314. The van der Waals surface area contributed by atoms with Crippen molar-refractivity contribution in [3.05, 3.63) is 0 Å². The Kier molecular flexibility index (Phi) is 2.88. The number of hydrogen-bond donors (Lipinski definition) is 2. The number of rotatable bonds is 2. The first-order valence-electron chi connectivity index (χ1n) is 4.21. The van der Waals surface area contributed by atoms with E-state index in [4.69, 9.17) is 0 Å². The molecule has 1 aliphatic carbocycles. The zero-order chi connectivity index (χ0) is 8.27. The third kappa shape index (κ3) is 2.19. The van der Waals surface area contributed by atoms with Gasteiger partial charge in [-0.1, -0.05) is 6.92 Å². The second-order valence-corrected chi connectivity index (χ2v) is 3.03. The highest BCUT2D eigenvalue weighted by Gasteiger charge is 2.25. The molecule has 0 radical (unpaired) electrons. The molecule has 0 spiro atoms. The predicted molar refractivity (Wildman–Crippen MR) is 42.1 cm³/mol. The molecule has 0 bridgehead atoms. The lowest BCUT2D eigenvalue weighted by Crippen LogP contribution is -2.39. The van der Waals surface area contributed by atoms with Crippen LogP contribution in [0.3, 0.4) is 0 Å². The SMILES string of the molecule is CCC(=O)N[C@@H]1CCC[C@H]1O. The Balaban J connectivity index is 2.30. The summed E-state index contributed by atoms with van der Waals surface area (Å²) in [5.74, 6) is 0.0379. The fourth-order valence-electron chi connectivity index (χ4n) is 1.42. The molecule has 0 aromatic heterocycles. The van der Waals surface area contributed by atoms with E-state index in [9.17, 15) is 9.90 Å². The van der Waals surface area contributed by atoms with Crippen LogP contribution >= 0.6 is 0 Å². The van der Waals surface area contributed by atoms with Crippen molar-refractivity contribution in [3.63, 3.8) is 0 Å². The van der Waals surface area contributed by atoms with Gasteiger partial charge in [0.25, 0.3) is 0 Å². The Bertz CT molecular complexity index is 147. The molecule has 0 aromatic rings. The van der Waals surface area contributed by atoms with E-state index < -0.39 is 0 Å². The zero-order valence-corrected chi connectivity index (χ0v) is 6.84. The largest absolute Gasteiger partial charge is 0.391 e. The third-order valence-corrected chi connectivity index (χ3v) is 2.15. The van der Waals surface area contributed by atoms with Gasteiger partial charge < -0.3 is 10.4 Å². The predicted octanol–water partition coefficient (Wildman–Crippen LogP) is 0.426. The molecule has 11 heavy (non-hydrogen) atoms. The highest BCUT2D eigenvalue weighted by molar-refractivity contribution is 5.75. The van der Waals surface area contributed by atoms with E-state index in [-0.39, 0.29) is 18.1 Å². The monoisotopic (exact) mass is 157 g/mol. The number of aliphatic hydroxyl groups excluding tert-OH is 1. The minimum Gasteiger partial charge on any atom is -0.391 e. The smallest absolute Gasteiger partial charge is 0.220 e. The van der Waals surface area contributed by atoms with Gasteiger partial charge in [-0.05, 0) is 19.3 Å². The van der Waals surface area contributed by atoms with Gasteiger partial charge in [-0.3, -0.25) is 4.79 Å². The van der Waals surface area contributed by atoms with Gasteiger partial charge in [-0.15, -0.1) is 0 Å². The molecule has 1 fully saturated rings. The summed E-state index contributed by atoms with van der Waals surface area (Å²) >= 11 is 0. The lowest BCUT2D eigenvalue weighted by molar-refractivity contribution is -0.122. The summed E-state index contributed by atoms with van der Waals surface area (Å²) in [5, 5.41) is 12.1. The summed E-state index contributed by atoms with van der Waals surface area (Å²) in [6.45, 7) is 1.82. The molecule has 2 N–H and O–H groups in total. The standard InChI is InChI=1S/C8H15NO2/c1-2-8(11)9-6-4-3-5-7(6)10/h6-7,10H,2-5H2,1H3,(H,9,11)/t6-,7-/m1/s1. The van der Waals surface area contributed by atoms with Crippen molar-refractivity contribution in [1.29, 1.82) is 0 Å². The molecule has 1 rings (SSSR count). The summed E-state index contributed by atoms with van der Waals surface area (Å²) in [5.41, 5.74) is 0. The maximum atomic E-state index is 10.9. The van der Waals surface area contributed by atoms with E-state index in [1.807, 2.05) is 6.92 Å². The van der Waals surface area contributed by atoms with Gasteiger partial charge >= 0.3 is 0 Å². The molecule has 0 heterocycles. The van der Waals surface area contributed by atoms with E-state index in [1.165, 1.54) is 0 Å². The summed E-state index contributed by atoms with van der Waals surface area (Å²) in [6.07, 6.45) is 2.96. The quantitative estimate of drug-likeness (QED) is 0.610. The van der Waals surface area contributed by atoms with Crippen LogP contribution in [0.4, 0.5) is 0 Å². The van der Waals surface area contributed by atoms with Gasteiger partial charge in [0.15, 0.2) is 0 Å². The van der Waals surface area contributed by atoms with Gasteiger partial charge in [-0.2, -0.15) is 0 Å². The molecule has 0 aromatic carbocycles. The Morgan fingerprint density at radius 2 is 2.36 bits per heavy atom. The fourth-order valence-corrected chi connectivity index (χ4v) is 1.42. The van der Waals surface area contributed by atoms with Crippen LogP contribution in [0.2, 0.25) is 0 Å². The van der Waals surface area contributed by atoms with Crippen molar-refractivity contribution in [1.82, 2.24) is 5.32 Å². The van der Waals surface area contributed by atoms with Crippen LogP contribution in [0.5, 0.6) is 0 Å². The van der Waals surface area contributed by atoms with Crippen LogP contribution in [-0.2, 0) is 4.79 Å². The van der Waals surface area contributed by atoms with E-state index in [1.54, 1.807) is 0 Å². The lowest BCUT2D eigenvalue weighted by Gasteiger charge is -2.15. The molecular formula is C8H15NO2. The van der Waals surface area contributed by atoms with Crippen molar-refractivity contribution in [2.45, 2.75) is 44.8 Å². The number of aliphatic hydroxyl groups is 1. The molecule has 3 heteroatoms. The first-order valence-corrected chi connectivity index (χ1v) is 4.21. The minimum absolute atomic E-state index is 0.0162. The summed E-state index contributed by atoms with van der Waals surface area (Å²) < 4.78 is 0. The molecule has 1 aliphatic rings. The average Bonchev–Trinajstić information content (AvgIpc) is 2.37. The summed E-state index contributed by atoms with van der Waals surface area (Å²) in [7, 11) is 0. The molecule has 2 atom stereocenters. The number of amides is 1. The maximum Gasteiger partial charge on any atom is 0.220 e. The first kappa shape index (κ1) is 8.53. The van der Waals surface area contributed by atoms with Crippen LogP contribution in [0.15, 0.2) is 0 Å². The molecule has 64 valence electrons. The van der Waals surface area contributed by atoms with Gasteiger partial charge in [-0.25, -0.2) is 0 Å². The summed E-state index contributed by atoms with van der Waals surface area (Å²) in [4.78, 5) is 10.9. The number of nitrogens with one attached hydrogen (secondary N) is 1. The van der Waals surface area contributed by atoms with Gasteiger partial charge in [0.2, 0.25) is 5.91 Å². The van der Waals surface area contributed by atoms with E-state index >= 15 is 0 Å². The van der Waals surface area contributed by atoms with Crippen molar-refractivity contribution in [3.8, 4) is 0 Å². The zero-order valence-electron chi connectivity index (χ0n) is 6.84. The van der Waals surface area contributed by atoms with E-state index in [0.29, 0.717) is 6.42 Å². The van der Waals surface area contributed by atoms with Crippen LogP contribution in [-0.4, -0.2) is 23.2 Å². The summed E-state index contributed by atoms with van der Waals surface area (Å²) in [6, 6.07) is 0.0162. The second-order valence-electron chi connectivity index (χ2n) is 3.03. The van der Waals surface area contributed by atoms with Crippen molar-refractivity contribution in [2.75, 3.05) is 0 Å². The highest BCUT2D eigenvalue weighted by atomic mass is 16.3. The van der Waals surface area contributed by atoms with E-state index in [2.05, 4.69) is 5.32 Å². The lowest BCUT2D eigenvalue weighted by atomic mass is 10.2. The molecule has 0 aliphatic heterocycles. The Hall–Kier alpha value is -0.570. The molecular weight excluding hydrogens is 142 g/mol. The van der Waals surface area contributed by atoms with Crippen LogP contribution in [0.1, 0.15) is 32.6 Å². The number of hydrogen-bond acceptors (Lipinski definition) is 2. The maximum absolute atomic E-state index is 10.9. The third-order valence-electron chi connectivity index (χ3n) is 2.15. The fraction of sp³-hybridized carbons (Fsp3) is 0.875. The topological polar surface area (TPSA) is 49.3 Å². The molecule has 0 unspecified atom stereocenters. The van der Waals surface area contributed by atoms with Crippen LogP contribution in [0, 0.1) is 0 Å². The number of carbonyl (C=O) groups excluding carboxylic acids is 1. The van der Waals surface area contributed by atoms with Crippen molar-refractivity contribution >= 4 is 5.91 Å². The Morgan fingerprint density at radius 3 is 2.82 bits per heavy atom. The first-order chi connectivity index (χ1) is 5.24. The Morgan fingerprint density at radius 1 is 1.64 bits per heavy atom. The molecule has 1 amide bonds. The van der Waals surface area contributed by atoms with Crippen molar-refractivity contribution in [2.24, 2.45) is 0 Å². The highest BCUT2D eigenvalue weighted by Crippen LogP contribution is 2.18. The molecule has 3 nitrogen and oxygen atoms in total. The molecule has 0 saturated heterocycles.